The van der Waals surface area contributed by atoms with Crippen LogP contribution in [0.4, 0.5) is 4.79 Å². The lowest BCUT2D eigenvalue weighted by Gasteiger charge is -1.99. The van der Waals surface area contributed by atoms with E-state index in [0.717, 1.165) is 0 Å². The third-order valence-electron chi connectivity index (χ3n) is 1.54. The standard InChI is InChI=1S/C9H5ClO5/c10-9(14)15-8(13)6-3-1-5(2-4-6)7(11)12/h1-4H,(H,11,12). The summed E-state index contributed by atoms with van der Waals surface area (Å²) < 4.78 is 4.08. The summed E-state index contributed by atoms with van der Waals surface area (Å²) in [6.07, 6.45) is 0. The molecule has 0 atom stereocenters. The van der Waals surface area contributed by atoms with Crippen LogP contribution in [-0.4, -0.2) is 22.5 Å². The average molecular weight is 229 g/mol. The Morgan fingerprint density at radius 1 is 1.07 bits per heavy atom. The molecular weight excluding hydrogens is 224 g/mol. The lowest BCUT2D eigenvalue weighted by Crippen LogP contribution is -2.07. The van der Waals surface area contributed by atoms with E-state index in [4.69, 9.17) is 16.7 Å². The fourth-order valence-corrected chi connectivity index (χ4v) is 0.951. The molecule has 1 aromatic carbocycles. The Hall–Kier alpha value is -1.88. The zero-order valence-electron chi connectivity index (χ0n) is 7.27. The molecule has 0 fully saturated rings. The molecule has 0 unspecified atom stereocenters. The second-order valence-electron chi connectivity index (χ2n) is 2.51. The molecular formula is C9H5ClO5. The number of benzene rings is 1. The van der Waals surface area contributed by atoms with E-state index < -0.39 is 17.4 Å². The molecule has 6 heteroatoms. The van der Waals surface area contributed by atoms with Crippen LogP contribution in [-0.2, 0) is 4.74 Å². The molecule has 0 amide bonds. The van der Waals surface area contributed by atoms with Gasteiger partial charge in [0.15, 0.2) is 0 Å². The summed E-state index contributed by atoms with van der Waals surface area (Å²) in [5, 5.41) is 8.57. The van der Waals surface area contributed by atoms with Gasteiger partial charge in [0.05, 0.1) is 11.1 Å². The molecule has 0 saturated carbocycles. The zero-order valence-corrected chi connectivity index (χ0v) is 8.02. The van der Waals surface area contributed by atoms with E-state index in [2.05, 4.69) is 4.74 Å². The Labute approximate surface area is 89.2 Å². The van der Waals surface area contributed by atoms with Gasteiger partial charge in [-0.05, 0) is 24.3 Å². The first-order valence-electron chi connectivity index (χ1n) is 3.75. The molecule has 15 heavy (non-hydrogen) atoms. The highest BCUT2D eigenvalue weighted by molar-refractivity contribution is 6.62. The molecule has 0 aromatic heterocycles. The summed E-state index contributed by atoms with van der Waals surface area (Å²) in [6.45, 7) is 0. The minimum absolute atomic E-state index is 0.0313. The van der Waals surface area contributed by atoms with Gasteiger partial charge in [-0.1, -0.05) is 0 Å². The molecule has 5 nitrogen and oxygen atoms in total. The molecule has 0 radical (unpaired) electrons. The minimum atomic E-state index is -1.23. The topological polar surface area (TPSA) is 80.7 Å². The van der Waals surface area contributed by atoms with Crippen LogP contribution in [0.2, 0.25) is 0 Å². The lowest BCUT2D eigenvalue weighted by atomic mass is 10.1. The minimum Gasteiger partial charge on any atom is -0.478 e. The van der Waals surface area contributed by atoms with Crippen LogP contribution in [0.25, 0.3) is 0 Å². The normalized spacial score (nSPS) is 9.40. The van der Waals surface area contributed by atoms with Gasteiger partial charge >= 0.3 is 17.4 Å². The third kappa shape index (κ3) is 3.07. The predicted octanol–water partition coefficient (Wildman–Crippen LogP) is 1.90. The zero-order chi connectivity index (χ0) is 11.4. The third-order valence-corrected chi connectivity index (χ3v) is 1.62. The largest absolute Gasteiger partial charge is 0.478 e. The van der Waals surface area contributed by atoms with Crippen LogP contribution in [0, 0.1) is 0 Å². The molecule has 78 valence electrons. The van der Waals surface area contributed by atoms with Crippen molar-refractivity contribution >= 4 is 29.0 Å². The molecule has 0 heterocycles. The predicted molar refractivity (Wildman–Crippen MR) is 50.1 cm³/mol. The number of carbonyl (C=O) groups excluding carboxylic acids is 2. The summed E-state index contributed by atoms with van der Waals surface area (Å²) >= 11 is 4.83. The Bertz CT molecular complexity index is 409. The Kier molecular flexibility index (Phi) is 3.41. The number of esters is 1. The van der Waals surface area contributed by atoms with Gasteiger partial charge in [0.1, 0.15) is 0 Å². The van der Waals surface area contributed by atoms with E-state index in [9.17, 15) is 14.4 Å². The van der Waals surface area contributed by atoms with E-state index in [1.54, 1.807) is 0 Å². The summed E-state index contributed by atoms with van der Waals surface area (Å²) in [5.41, 5.74) is -1.15. The molecule has 0 bridgehead atoms. The maximum Gasteiger partial charge on any atom is 0.411 e. The molecule has 1 N–H and O–H groups in total. The fraction of sp³-hybridized carbons (Fsp3) is 0. The van der Waals surface area contributed by atoms with Crippen molar-refractivity contribution in [1.29, 1.82) is 0 Å². The van der Waals surface area contributed by atoms with Crippen molar-refractivity contribution < 1.29 is 24.2 Å². The van der Waals surface area contributed by atoms with Crippen molar-refractivity contribution in [3.8, 4) is 0 Å². The first-order valence-corrected chi connectivity index (χ1v) is 4.13. The number of carboxylic acids is 1. The van der Waals surface area contributed by atoms with E-state index in [1.165, 1.54) is 24.3 Å². The van der Waals surface area contributed by atoms with Gasteiger partial charge in [-0.2, -0.15) is 0 Å². The van der Waals surface area contributed by atoms with Crippen LogP contribution >= 0.6 is 11.6 Å². The number of hydrogen-bond donors (Lipinski definition) is 1. The van der Waals surface area contributed by atoms with E-state index in [0.29, 0.717) is 0 Å². The van der Waals surface area contributed by atoms with Crippen molar-refractivity contribution in [2.75, 3.05) is 0 Å². The van der Waals surface area contributed by atoms with Crippen molar-refractivity contribution in [3.05, 3.63) is 35.4 Å². The summed E-state index contributed by atoms with van der Waals surface area (Å²) in [6, 6.07) is 4.90. The quantitative estimate of drug-likeness (QED) is 0.475. The van der Waals surface area contributed by atoms with Crippen LogP contribution in [0.15, 0.2) is 24.3 Å². The van der Waals surface area contributed by atoms with Crippen LogP contribution in [0.1, 0.15) is 20.7 Å². The highest BCUT2D eigenvalue weighted by atomic mass is 35.5. The van der Waals surface area contributed by atoms with E-state index in [1.807, 2.05) is 0 Å². The van der Waals surface area contributed by atoms with E-state index in [-0.39, 0.29) is 11.1 Å². The van der Waals surface area contributed by atoms with Crippen LogP contribution < -0.4 is 0 Å². The molecule has 0 spiro atoms. The molecule has 1 rings (SSSR count). The highest BCUT2D eigenvalue weighted by Gasteiger charge is 2.11. The monoisotopic (exact) mass is 228 g/mol. The van der Waals surface area contributed by atoms with Crippen molar-refractivity contribution in [2.45, 2.75) is 0 Å². The maximum atomic E-state index is 11.1. The fourth-order valence-electron chi connectivity index (χ4n) is 0.881. The molecule has 1 aromatic rings. The number of carboxylic acid groups (broad SMARTS) is 1. The Morgan fingerprint density at radius 3 is 1.93 bits per heavy atom. The molecule has 0 aliphatic heterocycles. The smallest absolute Gasteiger partial charge is 0.411 e. The summed E-state index contributed by atoms with van der Waals surface area (Å²) in [4.78, 5) is 31.8. The van der Waals surface area contributed by atoms with Gasteiger partial charge in [0, 0.05) is 11.6 Å². The maximum absolute atomic E-state index is 11.1. The van der Waals surface area contributed by atoms with Crippen LogP contribution in [0.3, 0.4) is 0 Å². The van der Waals surface area contributed by atoms with E-state index >= 15 is 0 Å². The first kappa shape index (κ1) is 11.2. The van der Waals surface area contributed by atoms with Gasteiger partial charge in [0.2, 0.25) is 0 Å². The van der Waals surface area contributed by atoms with Gasteiger partial charge in [0.25, 0.3) is 0 Å². The SMILES string of the molecule is O=C(Cl)OC(=O)c1ccc(C(=O)O)cc1. The van der Waals surface area contributed by atoms with Gasteiger partial charge in [-0.15, -0.1) is 0 Å². The molecule has 0 aliphatic carbocycles. The van der Waals surface area contributed by atoms with Crippen molar-refractivity contribution in [1.82, 2.24) is 0 Å². The number of rotatable bonds is 2. The molecule has 0 saturated heterocycles. The summed E-state index contributed by atoms with van der Waals surface area (Å²) in [5.74, 6) is -2.03. The van der Waals surface area contributed by atoms with Crippen molar-refractivity contribution in [2.24, 2.45) is 0 Å². The lowest BCUT2D eigenvalue weighted by molar-refractivity contribution is 0.0655. The molecule has 0 aliphatic rings. The van der Waals surface area contributed by atoms with Gasteiger partial charge < -0.3 is 9.84 Å². The second-order valence-corrected chi connectivity index (χ2v) is 2.82. The van der Waals surface area contributed by atoms with Gasteiger partial charge in [-0.3, -0.25) is 0 Å². The first-order chi connectivity index (χ1) is 7.00. The van der Waals surface area contributed by atoms with Crippen molar-refractivity contribution in [3.63, 3.8) is 0 Å². The number of halogens is 1. The number of carbonyl (C=O) groups is 3. The van der Waals surface area contributed by atoms with Gasteiger partial charge in [-0.25, -0.2) is 14.4 Å². The Balaban J connectivity index is 2.84. The Morgan fingerprint density at radius 2 is 1.53 bits per heavy atom. The second kappa shape index (κ2) is 4.56. The number of aromatic carboxylic acids is 1. The highest BCUT2D eigenvalue weighted by Crippen LogP contribution is 2.06. The number of ether oxygens (including phenoxy) is 1. The van der Waals surface area contributed by atoms with Crippen LogP contribution in [0.5, 0.6) is 0 Å². The average Bonchev–Trinajstić information content (AvgIpc) is 2.17. The summed E-state index contributed by atoms with van der Waals surface area (Å²) in [7, 11) is 0. The number of hydrogen-bond acceptors (Lipinski definition) is 4.